The summed E-state index contributed by atoms with van der Waals surface area (Å²) in [5.74, 6) is -0.799. The molecule has 1 amide bonds. The molecule has 126 valence electrons. The Hall–Kier alpha value is -2.14. The number of nitrogens with one attached hydrogen (secondary N) is 1. The van der Waals surface area contributed by atoms with Gasteiger partial charge in [-0.1, -0.05) is 53.2 Å². The summed E-state index contributed by atoms with van der Waals surface area (Å²) in [7, 11) is 0. The lowest BCUT2D eigenvalue weighted by Gasteiger charge is -2.17. The van der Waals surface area contributed by atoms with E-state index in [0.29, 0.717) is 5.56 Å². The second-order valence-corrected chi connectivity index (χ2v) is 6.39. The van der Waals surface area contributed by atoms with Crippen LogP contribution in [0.1, 0.15) is 40.9 Å². The Kier molecular flexibility index (Phi) is 6.55. The lowest BCUT2D eigenvalue weighted by atomic mass is 10.0. The molecule has 0 radical (unpaired) electrons. The first-order valence-corrected chi connectivity index (χ1v) is 8.58. The lowest BCUT2D eigenvalue weighted by Crippen LogP contribution is -2.32. The van der Waals surface area contributed by atoms with Crippen LogP contribution < -0.4 is 5.32 Å². The Morgan fingerprint density at radius 3 is 2.42 bits per heavy atom. The van der Waals surface area contributed by atoms with Crippen LogP contribution in [0.15, 0.2) is 53.0 Å². The van der Waals surface area contributed by atoms with Gasteiger partial charge in [-0.25, -0.2) is 4.79 Å². The number of amides is 1. The molecule has 0 aliphatic rings. The summed E-state index contributed by atoms with van der Waals surface area (Å²) in [4.78, 5) is 24.1. The van der Waals surface area contributed by atoms with Gasteiger partial charge in [0, 0.05) is 4.47 Å². The maximum atomic E-state index is 12.1. The Morgan fingerprint density at radius 2 is 1.79 bits per heavy atom. The molecule has 2 rings (SSSR count). The quantitative estimate of drug-likeness (QED) is 0.753. The maximum absolute atomic E-state index is 12.1. The molecule has 0 spiro atoms. The summed E-state index contributed by atoms with van der Waals surface area (Å²) in [5, 5.41) is 2.89. The zero-order valence-corrected chi connectivity index (χ0v) is 15.3. The third-order valence-electron chi connectivity index (χ3n) is 3.72. The molecule has 0 bridgehead atoms. The van der Waals surface area contributed by atoms with E-state index >= 15 is 0 Å². The van der Waals surface area contributed by atoms with Gasteiger partial charge in [-0.05, 0) is 42.7 Å². The molecule has 24 heavy (non-hydrogen) atoms. The van der Waals surface area contributed by atoms with Crippen LogP contribution in [0.2, 0.25) is 0 Å². The zero-order chi connectivity index (χ0) is 17.5. The van der Waals surface area contributed by atoms with Gasteiger partial charge in [-0.3, -0.25) is 4.79 Å². The number of benzene rings is 2. The number of aryl methyl sites for hydroxylation is 1. The highest BCUT2D eigenvalue weighted by Crippen LogP contribution is 2.19. The summed E-state index contributed by atoms with van der Waals surface area (Å²) in [6.45, 7) is 3.53. The fraction of sp³-hybridized carbons (Fsp3) is 0.263. The van der Waals surface area contributed by atoms with Crippen molar-refractivity contribution in [3.05, 3.63) is 69.7 Å². The minimum absolute atomic E-state index is 0.109. The zero-order valence-electron chi connectivity index (χ0n) is 13.7. The van der Waals surface area contributed by atoms with Crippen molar-refractivity contribution in [3.63, 3.8) is 0 Å². The molecule has 0 saturated carbocycles. The largest absolute Gasteiger partial charge is 0.452 e. The predicted molar refractivity (Wildman–Crippen MR) is 96.8 cm³/mol. The first kappa shape index (κ1) is 18.2. The molecule has 2 aromatic carbocycles. The van der Waals surface area contributed by atoms with Gasteiger partial charge in [0.1, 0.15) is 0 Å². The van der Waals surface area contributed by atoms with Crippen LogP contribution in [0.3, 0.4) is 0 Å². The fourth-order valence-electron chi connectivity index (χ4n) is 2.36. The van der Waals surface area contributed by atoms with Gasteiger partial charge in [0.2, 0.25) is 0 Å². The van der Waals surface area contributed by atoms with Crippen molar-refractivity contribution in [2.45, 2.75) is 26.3 Å². The molecule has 0 fully saturated rings. The van der Waals surface area contributed by atoms with Gasteiger partial charge in [-0.2, -0.15) is 0 Å². The second kappa shape index (κ2) is 8.64. The van der Waals surface area contributed by atoms with E-state index in [9.17, 15) is 9.59 Å². The molecule has 0 unspecified atom stereocenters. The number of carbonyl (C=O) groups is 2. The maximum Gasteiger partial charge on any atom is 0.338 e. The van der Waals surface area contributed by atoms with Gasteiger partial charge < -0.3 is 10.1 Å². The van der Waals surface area contributed by atoms with E-state index < -0.39 is 5.97 Å². The Morgan fingerprint density at radius 1 is 1.12 bits per heavy atom. The number of hydrogen-bond acceptors (Lipinski definition) is 3. The highest BCUT2D eigenvalue weighted by atomic mass is 79.9. The monoisotopic (exact) mass is 389 g/mol. The molecule has 0 aliphatic carbocycles. The van der Waals surface area contributed by atoms with Gasteiger partial charge in [0.25, 0.3) is 5.91 Å². The molecular weight excluding hydrogens is 370 g/mol. The van der Waals surface area contributed by atoms with Crippen LogP contribution in [0.4, 0.5) is 0 Å². The highest BCUT2D eigenvalue weighted by molar-refractivity contribution is 9.10. The van der Waals surface area contributed by atoms with Crippen molar-refractivity contribution < 1.29 is 14.3 Å². The van der Waals surface area contributed by atoms with E-state index in [1.54, 1.807) is 12.1 Å². The van der Waals surface area contributed by atoms with E-state index in [0.717, 1.165) is 22.0 Å². The molecule has 0 saturated heterocycles. The van der Waals surface area contributed by atoms with Crippen LogP contribution in [-0.4, -0.2) is 18.5 Å². The molecule has 0 heterocycles. The fourth-order valence-corrected chi connectivity index (χ4v) is 2.63. The summed E-state index contributed by atoms with van der Waals surface area (Å²) in [6.07, 6.45) is 0.749. The number of hydrogen-bond donors (Lipinski definition) is 1. The van der Waals surface area contributed by atoms with Crippen molar-refractivity contribution in [3.8, 4) is 0 Å². The van der Waals surface area contributed by atoms with E-state index in [2.05, 4.69) is 21.2 Å². The average molecular weight is 390 g/mol. The van der Waals surface area contributed by atoms with Gasteiger partial charge in [-0.15, -0.1) is 0 Å². The van der Waals surface area contributed by atoms with Crippen LogP contribution in [0.5, 0.6) is 0 Å². The molecule has 2 aromatic rings. The van der Waals surface area contributed by atoms with Crippen LogP contribution in [-0.2, 0) is 9.53 Å². The number of halogens is 1. The Labute approximate surface area is 150 Å². The number of esters is 1. The third kappa shape index (κ3) is 4.93. The summed E-state index contributed by atoms with van der Waals surface area (Å²) in [6, 6.07) is 14.8. The van der Waals surface area contributed by atoms with E-state index in [1.807, 2.05) is 50.2 Å². The second-order valence-electron chi connectivity index (χ2n) is 5.47. The minimum atomic E-state index is -0.486. The highest BCUT2D eigenvalue weighted by Gasteiger charge is 2.15. The SMILES string of the molecule is CC[C@@H](NC(=O)COC(=O)c1ccccc1C)c1ccc(Br)cc1. The van der Waals surface area contributed by atoms with Gasteiger partial charge >= 0.3 is 5.97 Å². The molecule has 0 aromatic heterocycles. The number of rotatable bonds is 6. The van der Waals surface area contributed by atoms with Gasteiger partial charge in [0.05, 0.1) is 11.6 Å². The lowest BCUT2D eigenvalue weighted by molar-refractivity contribution is -0.125. The predicted octanol–water partition coefficient (Wildman–Crippen LogP) is 4.18. The molecular formula is C19H20BrNO3. The number of carbonyl (C=O) groups excluding carboxylic acids is 2. The Balaban J connectivity index is 1.91. The van der Waals surface area contributed by atoms with Crippen molar-refractivity contribution in [1.29, 1.82) is 0 Å². The van der Waals surface area contributed by atoms with Crippen molar-refractivity contribution in [1.82, 2.24) is 5.32 Å². The molecule has 4 nitrogen and oxygen atoms in total. The normalized spacial score (nSPS) is 11.6. The standard InChI is InChI=1S/C19H20BrNO3/c1-3-17(14-8-10-15(20)11-9-14)21-18(22)12-24-19(23)16-7-5-4-6-13(16)2/h4-11,17H,3,12H2,1-2H3,(H,21,22)/t17-/m1/s1. The van der Waals surface area contributed by atoms with Crippen molar-refractivity contribution >= 4 is 27.8 Å². The van der Waals surface area contributed by atoms with Crippen LogP contribution >= 0.6 is 15.9 Å². The summed E-state index contributed by atoms with van der Waals surface area (Å²) < 4.78 is 6.10. The average Bonchev–Trinajstić information content (AvgIpc) is 2.59. The van der Waals surface area contributed by atoms with Crippen molar-refractivity contribution in [2.75, 3.05) is 6.61 Å². The van der Waals surface area contributed by atoms with Crippen LogP contribution in [0, 0.1) is 6.92 Å². The first-order valence-electron chi connectivity index (χ1n) is 7.79. The van der Waals surface area contributed by atoms with Crippen LogP contribution in [0.25, 0.3) is 0 Å². The summed E-state index contributed by atoms with van der Waals surface area (Å²) in [5.41, 5.74) is 2.31. The van der Waals surface area contributed by atoms with E-state index in [-0.39, 0.29) is 18.6 Å². The molecule has 5 heteroatoms. The van der Waals surface area contributed by atoms with Gasteiger partial charge in [0.15, 0.2) is 6.61 Å². The topological polar surface area (TPSA) is 55.4 Å². The van der Waals surface area contributed by atoms with Crippen molar-refractivity contribution in [2.24, 2.45) is 0 Å². The van der Waals surface area contributed by atoms with E-state index in [1.165, 1.54) is 0 Å². The smallest absolute Gasteiger partial charge is 0.338 e. The molecule has 1 N–H and O–H groups in total. The minimum Gasteiger partial charge on any atom is -0.452 e. The first-order chi connectivity index (χ1) is 11.5. The Bertz CT molecular complexity index is 713. The number of ether oxygens (including phenoxy) is 1. The molecule has 0 aliphatic heterocycles. The molecule has 1 atom stereocenters. The third-order valence-corrected chi connectivity index (χ3v) is 4.24. The van der Waals surface area contributed by atoms with E-state index in [4.69, 9.17) is 4.74 Å². The summed E-state index contributed by atoms with van der Waals surface area (Å²) >= 11 is 3.39.